The number of hydrogen-bond acceptors (Lipinski definition) is 2. The van der Waals surface area contributed by atoms with Gasteiger partial charge < -0.3 is 4.74 Å². The van der Waals surface area contributed by atoms with E-state index < -0.39 is 0 Å². The van der Waals surface area contributed by atoms with Gasteiger partial charge in [-0.1, -0.05) is 26.2 Å². The molecule has 0 N–H and O–H groups in total. The van der Waals surface area contributed by atoms with Crippen molar-refractivity contribution in [3.8, 4) is 0 Å². The van der Waals surface area contributed by atoms with Gasteiger partial charge in [-0.2, -0.15) is 12.6 Å². The predicted molar refractivity (Wildman–Crippen MR) is 55.9 cm³/mol. The molecule has 2 heteroatoms. The van der Waals surface area contributed by atoms with Crippen LogP contribution in [0.1, 0.15) is 45.4 Å². The lowest BCUT2D eigenvalue weighted by molar-refractivity contribution is -0.0657. The van der Waals surface area contributed by atoms with Crippen LogP contribution in [-0.4, -0.2) is 18.0 Å². The van der Waals surface area contributed by atoms with Gasteiger partial charge in [-0.3, -0.25) is 0 Å². The van der Waals surface area contributed by atoms with Crippen molar-refractivity contribution in [2.75, 3.05) is 12.4 Å². The molecule has 0 aromatic carbocycles. The highest BCUT2D eigenvalue weighted by Gasteiger charge is 2.30. The Morgan fingerprint density at radius 2 is 1.92 bits per heavy atom. The van der Waals surface area contributed by atoms with Crippen LogP contribution in [0.25, 0.3) is 0 Å². The summed E-state index contributed by atoms with van der Waals surface area (Å²) in [5, 5.41) is 0. The molecule has 0 saturated heterocycles. The summed E-state index contributed by atoms with van der Waals surface area (Å²) in [6, 6.07) is 0. The van der Waals surface area contributed by atoms with Crippen LogP contribution in [0.3, 0.4) is 0 Å². The van der Waals surface area contributed by atoms with Crippen LogP contribution in [0.2, 0.25) is 0 Å². The van der Waals surface area contributed by atoms with Crippen LogP contribution in [0, 0.1) is 0 Å². The number of hydrogen-bond donors (Lipinski definition) is 1. The Labute approximate surface area is 81.3 Å². The van der Waals surface area contributed by atoms with Crippen molar-refractivity contribution in [1.29, 1.82) is 0 Å². The molecule has 0 spiro atoms. The quantitative estimate of drug-likeness (QED) is 0.667. The molecule has 1 saturated carbocycles. The molecule has 1 aliphatic carbocycles. The van der Waals surface area contributed by atoms with Gasteiger partial charge in [0, 0.05) is 5.75 Å². The van der Waals surface area contributed by atoms with Crippen molar-refractivity contribution >= 4 is 12.6 Å². The molecule has 72 valence electrons. The largest absolute Gasteiger partial charge is 0.374 e. The fourth-order valence-corrected chi connectivity index (χ4v) is 2.15. The minimum atomic E-state index is 0.223. The molecule has 1 rings (SSSR count). The average Bonchev–Trinajstić information content (AvgIpc) is 2.16. The summed E-state index contributed by atoms with van der Waals surface area (Å²) >= 11 is 4.17. The van der Waals surface area contributed by atoms with Crippen molar-refractivity contribution in [2.45, 2.75) is 51.0 Å². The molecule has 1 nitrogen and oxygen atoms in total. The van der Waals surface area contributed by atoms with Gasteiger partial charge in [0.2, 0.25) is 0 Å². The molecule has 0 radical (unpaired) electrons. The summed E-state index contributed by atoms with van der Waals surface area (Å²) in [7, 11) is 0. The second-order valence-corrected chi connectivity index (χ2v) is 4.12. The lowest BCUT2D eigenvalue weighted by atomic mass is 9.83. The molecule has 0 aromatic rings. The Morgan fingerprint density at radius 1 is 1.25 bits per heavy atom. The normalized spacial score (nSPS) is 22.5. The Morgan fingerprint density at radius 3 is 2.42 bits per heavy atom. The summed E-state index contributed by atoms with van der Waals surface area (Å²) in [6.07, 6.45) is 7.78. The van der Waals surface area contributed by atoms with E-state index in [1.165, 1.54) is 38.5 Å². The average molecular weight is 188 g/mol. The van der Waals surface area contributed by atoms with E-state index >= 15 is 0 Å². The third-order valence-electron chi connectivity index (χ3n) is 2.91. The van der Waals surface area contributed by atoms with Gasteiger partial charge in [0.15, 0.2) is 0 Å². The topological polar surface area (TPSA) is 9.23 Å². The summed E-state index contributed by atoms with van der Waals surface area (Å²) in [4.78, 5) is 0. The zero-order valence-corrected chi connectivity index (χ0v) is 8.91. The van der Waals surface area contributed by atoms with E-state index in [1.54, 1.807) is 0 Å². The maximum absolute atomic E-state index is 5.89. The minimum absolute atomic E-state index is 0.223. The molecule has 0 amide bonds. The highest BCUT2D eigenvalue weighted by Crippen LogP contribution is 2.34. The van der Waals surface area contributed by atoms with Crippen molar-refractivity contribution < 1.29 is 4.74 Å². The van der Waals surface area contributed by atoms with Crippen LogP contribution >= 0.6 is 12.6 Å². The zero-order valence-electron chi connectivity index (χ0n) is 8.01. The smallest absolute Gasteiger partial charge is 0.0680 e. The summed E-state index contributed by atoms with van der Waals surface area (Å²) < 4.78 is 5.89. The van der Waals surface area contributed by atoms with Gasteiger partial charge in [0.1, 0.15) is 0 Å². The van der Waals surface area contributed by atoms with Gasteiger partial charge in [0.25, 0.3) is 0 Å². The molecule has 0 aliphatic heterocycles. The number of ether oxygens (including phenoxy) is 1. The Kier molecular flexibility index (Phi) is 4.44. The molecule has 0 unspecified atom stereocenters. The highest BCUT2D eigenvalue weighted by molar-refractivity contribution is 7.80. The van der Waals surface area contributed by atoms with Crippen LogP contribution in [0.5, 0.6) is 0 Å². The molecule has 0 atom stereocenters. The Balaban J connectivity index is 2.37. The number of rotatable bonds is 4. The Bertz CT molecular complexity index is 119. The molecule has 0 bridgehead atoms. The van der Waals surface area contributed by atoms with Crippen LogP contribution in [0.15, 0.2) is 0 Å². The van der Waals surface area contributed by atoms with Gasteiger partial charge in [-0.25, -0.2) is 0 Å². The monoisotopic (exact) mass is 188 g/mol. The van der Waals surface area contributed by atoms with Crippen LogP contribution in [-0.2, 0) is 4.74 Å². The van der Waals surface area contributed by atoms with E-state index in [4.69, 9.17) is 4.74 Å². The van der Waals surface area contributed by atoms with Gasteiger partial charge in [-0.15, -0.1) is 0 Å². The van der Waals surface area contributed by atoms with Crippen molar-refractivity contribution in [3.63, 3.8) is 0 Å². The first kappa shape index (κ1) is 10.4. The molecule has 1 aliphatic rings. The highest BCUT2D eigenvalue weighted by atomic mass is 32.1. The van der Waals surface area contributed by atoms with Crippen LogP contribution in [0.4, 0.5) is 0 Å². The summed E-state index contributed by atoms with van der Waals surface area (Å²) in [6.45, 7) is 3.06. The van der Waals surface area contributed by atoms with Crippen molar-refractivity contribution in [3.05, 3.63) is 0 Å². The standard InChI is InChI=1S/C10H20OS/c1-2-10(11-8-9-12)6-4-3-5-7-10/h12H,2-9H2,1H3. The van der Waals surface area contributed by atoms with E-state index in [2.05, 4.69) is 19.6 Å². The van der Waals surface area contributed by atoms with Crippen molar-refractivity contribution in [2.24, 2.45) is 0 Å². The number of thiol groups is 1. The van der Waals surface area contributed by atoms with Gasteiger partial charge in [0.05, 0.1) is 12.2 Å². The van der Waals surface area contributed by atoms with Crippen LogP contribution < -0.4 is 0 Å². The first-order chi connectivity index (χ1) is 5.83. The fourth-order valence-electron chi connectivity index (χ4n) is 2.06. The van der Waals surface area contributed by atoms with E-state index in [1.807, 2.05) is 0 Å². The summed E-state index contributed by atoms with van der Waals surface area (Å²) in [5.41, 5.74) is 0.223. The summed E-state index contributed by atoms with van der Waals surface area (Å²) in [5.74, 6) is 0.849. The maximum atomic E-state index is 5.89. The molecule has 0 heterocycles. The lowest BCUT2D eigenvalue weighted by Crippen LogP contribution is -2.34. The third-order valence-corrected chi connectivity index (χ3v) is 3.09. The Hall–Kier alpha value is 0.310. The van der Waals surface area contributed by atoms with E-state index in [0.717, 1.165) is 12.4 Å². The maximum Gasteiger partial charge on any atom is 0.0680 e. The molecule has 12 heavy (non-hydrogen) atoms. The molecule has 1 fully saturated rings. The first-order valence-corrected chi connectivity index (χ1v) is 5.71. The van der Waals surface area contributed by atoms with E-state index in [0.29, 0.717) is 0 Å². The van der Waals surface area contributed by atoms with Gasteiger partial charge in [-0.05, 0) is 19.3 Å². The molecular formula is C10H20OS. The fraction of sp³-hybridized carbons (Fsp3) is 1.00. The van der Waals surface area contributed by atoms with E-state index in [-0.39, 0.29) is 5.60 Å². The molecule has 0 aromatic heterocycles. The van der Waals surface area contributed by atoms with Crippen molar-refractivity contribution in [1.82, 2.24) is 0 Å². The minimum Gasteiger partial charge on any atom is -0.374 e. The first-order valence-electron chi connectivity index (χ1n) is 5.08. The predicted octanol–water partition coefficient (Wildman–Crippen LogP) is 3.05. The van der Waals surface area contributed by atoms with Gasteiger partial charge >= 0.3 is 0 Å². The lowest BCUT2D eigenvalue weighted by Gasteiger charge is -2.36. The second-order valence-electron chi connectivity index (χ2n) is 3.67. The van der Waals surface area contributed by atoms with E-state index in [9.17, 15) is 0 Å². The molecular weight excluding hydrogens is 168 g/mol. The second kappa shape index (κ2) is 5.13. The zero-order chi connectivity index (χ0) is 8.86. The third kappa shape index (κ3) is 2.67. The SMILES string of the molecule is CCC1(OCCS)CCCCC1.